The first kappa shape index (κ1) is 16.5. The van der Waals surface area contributed by atoms with Gasteiger partial charge < -0.3 is 10.2 Å². The Bertz CT molecular complexity index is 595. The fraction of sp³-hybridized carbons (Fsp3) is 0.615. The molecule has 0 saturated carbocycles. The van der Waals surface area contributed by atoms with Crippen LogP contribution in [0.25, 0.3) is 0 Å². The van der Waals surface area contributed by atoms with Gasteiger partial charge in [-0.3, -0.25) is 0 Å². The minimum absolute atomic E-state index is 0.0482. The molecule has 1 saturated heterocycles. The number of sulfone groups is 1. The molecule has 21 heavy (non-hydrogen) atoms. The summed E-state index contributed by atoms with van der Waals surface area (Å²) in [6.45, 7) is 2.49. The second-order valence-electron chi connectivity index (χ2n) is 4.81. The fourth-order valence-electron chi connectivity index (χ4n) is 2.31. The molecule has 0 radical (unpaired) electrons. The molecular weight excluding hydrogens is 313 g/mol. The third-order valence-electron chi connectivity index (χ3n) is 3.49. The van der Waals surface area contributed by atoms with E-state index in [0.29, 0.717) is 24.4 Å². The van der Waals surface area contributed by atoms with Crippen LogP contribution in [0.4, 0.5) is 10.2 Å². The lowest BCUT2D eigenvalue weighted by molar-refractivity contribution is 0.565. The lowest BCUT2D eigenvalue weighted by Crippen LogP contribution is -2.48. The zero-order valence-electron chi connectivity index (χ0n) is 12.2. The third kappa shape index (κ3) is 3.49. The van der Waals surface area contributed by atoms with Crippen LogP contribution in [-0.2, 0) is 16.4 Å². The van der Waals surface area contributed by atoms with Crippen LogP contribution in [0.1, 0.15) is 12.5 Å². The van der Waals surface area contributed by atoms with Gasteiger partial charge >= 0.3 is 0 Å². The van der Waals surface area contributed by atoms with Gasteiger partial charge in [0, 0.05) is 42.1 Å². The summed E-state index contributed by atoms with van der Waals surface area (Å²) >= 11 is 1.58. The Morgan fingerprint density at radius 2 is 2.33 bits per heavy atom. The summed E-state index contributed by atoms with van der Waals surface area (Å²) < 4.78 is 39.0. The number of nitrogens with zero attached hydrogens (tertiary/aromatic N) is 2. The molecular formula is C13H20FN3O2S2. The monoisotopic (exact) mass is 333 g/mol. The first-order valence-electron chi connectivity index (χ1n) is 6.85. The maximum absolute atomic E-state index is 14.6. The molecule has 1 aromatic heterocycles. The van der Waals surface area contributed by atoms with Gasteiger partial charge in [-0.1, -0.05) is 6.92 Å². The fourth-order valence-corrected chi connectivity index (χ4v) is 5.28. The van der Waals surface area contributed by atoms with E-state index in [2.05, 4.69) is 10.3 Å². The van der Waals surface area contributed by atoms with E-state index in [1.54, 1.807) is 36.7 Å². The smallest absolute Gasteiger partial charge is 0.171 e. The van der Waals surface area contributed by atoms with E-state index in [0.717, 1.165) is 5.75 Å². The summed E-state index contributed by atoms with van der Waals surface area (Å²) in [4.78, 5) is 5.69. The Labute approximate surface area is 129 Å². The number of nitrogens with one attached hydrogen (secondary N) is 1. The quantitative estimate of drug-likeness (QED) is 0.875. The van der Waals surface area contributed by atoms with Gasteiger partial charge in [0.1, 0.15) is 5.37 Å². The summed E-state index contributed by atoms with van der Waals surface area (Å²) in [6, 6.07) is 1.61. The predicted molar refractivity (Wildman–Crippen MR) is 84.9 cm³/mol. The second-order valence-corrected chi connectivity index (χ2v) is 8.41. The Morgan fingerprint density at radius 1 is 1.57 bits per heavy atom. The Balaban J connectivity index is 2.40. The van der Waals surface area contributed by atoms with Crippen LogP contribution in [0.5, 0.6) is 0 Å². The second kappa shape index (κ2) is 6.93. The van der Waals surface area contributed by atoms with Crippen LogP contribution in [-0.4, -0.2) is 49.6 Å². The lowest BCUT2D eigenvalue weighted by Gasteiger charge is -2.35. The van der Waals surface area contributed by atoms with Crippen molar-refractivity contribution in [2.24, 2.45) is 0 Å². The molecule has 5 nitrogen and oxygen atoms in total. The highest BCUT2D eigenvalue weighted by atomic mass is 32.2. The first-order chi connectivity index (χ1) is 10.0. The van der Waals surface area contributed by atoms with Crippen molar-refractivity contribution >= 4 is 27.4 Å². The van der Waals surface area contributed by atoms with E-state index >= 15 is 0 Å². The summed E-state index contributed by atoms with van der Waals surface area (Å²) in [5.74, 6) is 0.979. The van der Waals surface area contributed by atoms with Gasteiger partial charge in [-0.05, 0) is 13.1 Å². The molecule has 0 spiro atoms. The van der Waals surface area contributed by atoms with Gasteiger partial charge in [0.05, 0.1) is 0 Å². The van der Waals surface area contributed by atoms with E-state index in [4.69, 9.17) is 0 Å². The van der Waals surface area contributed by atoms with Crippen molar-refractivity contribution in [2.45, 2.75) is 18.8 Å². The first-order valence-corrected chi connectivity index (χ1v) is 9.72. The SMILES string of the molecule is CCS(=O)(=O)C1CSCCN1c1nccc(CNC)c1F. The highest BCUT2D eigenvalue weighted by Gasteiger charge is 2.35. The molecule has 0 aromatic carbocycles. The van der Waals surface area contributed by atoms with Crippen LogP contribution in [0, 0.1) is 5.82 Å². The van der Waals surface area contributed by atoms with E-state index in [1.165, 1.54) is 6.20 Å². The van der Waals surface area contributed by atoms with Crippen molar-refractivity contribution in [3.8, 4) is 0 Å². The van der Waals surface area contributed by atoms with Crippen molar-refractivity contribution in [3.05, 3.63) is 23.6 Å². The van der Waals surface area contributed by atoms with Gasteiger partial charge in [0.2, 0.25) is 0 Å². The van der Waals surface area contributed by atoms with E-state index in [1.807, 2.05) is 0 Å². The third-order valence-corrected chi connectivity index (χ3v) is 6.78. The molecule has 0 amide bonds. The van der Waals surface area contributed by atoms with Gasteiger partial charge in [0.25, 0.3) is 0 Å². The zero-order chi connectivity index (χ0) is 15.5. The van der Waals surface area contributed by atoms with Gasteiger partial charge in [-0.15, -0.1) is 0 Å². The predicted octanol–water partition coefficient (Wildman–Crippen LogP) is 1.25. The van der Waals surface area contributed by atoms with Crippen molar-refractivity contribution in [3.63, 3.8) is 0 Å². The van der Waals surface area contributed by atoms with Crippen molar-refractivity contribution in [1.29, 1.82) is 0 Å². The number of hydrogen-bond donors (Lipinski definition) is 1. The van der Waals surface area contributed by atoms with Gasteiger partial charge in [-0.25, -0.2) is 17.8 Å². The number of thioether (sulfide) groups is 1. The minimum Gasteiger partial charge on any atom is -0.336 e. The van der Waals surface area contributed by atoms with Crippen LogP contribution in [0.15, 0.2) is 12.3 Å². The molecule has 8 heteroatoms. The average Bonchev–Trinajstić information content (AvgIpc) is 2.50. The summed E-state index contributed by atoms with van der Waals surface area (Å²) in [7, 11) is -1.54. The maximum atomic E-state index is 14.6. The minimum atomic E-state index is -3.28. The molecule has 118 valence electrons. The van der Waals surface area contributed by atoms with Crippen molar-refractivity contribution < 1.29 is 12.8 Å². The molecule has 0 aliphatic carbocycles. The molecule has 1 aliphatic rings. The zero-order valence-corrected chi connectivity index (χ0v) is 13.8. The van der Waals surface area contributed by atoms with Crippen LogP contribution in [0.2, 0.25) is 0 Å². The van der Waals surface area contributed by atoms with Crippen LogP contribution >= 0.6 is 11.8 Å². The highest BCUT2D eigenvalue weighted by Crippen LogP contribution is 2.29. The van der Waals surface area contributed by atoms with E-state index in [9.17, 15) is 12.8 Å². The van der Waals surface area contributed by atoms with E-state index in [-0.39, 0.29) is 11.6 Å². The largest absolute Gasteiger partial charge is 0.336 e. The van der Waals surface area contributed by atoms with Gasteiger partial charge in [-0.2, -0.15) is 11.8 Å². The maximum Gasteiger partial charge on any atom is 0.171 e. The van der Waals surface area contributed by atoms with Crippen molar-refractivity contribution in [2.75, 3.05) is 35.8 Å². The molecule has 1 N–H and O–H groups in total. The molecule has 1 fully saturated rings. The van der Waals surface area contributed by atoms with Crippen LogP contribution in [0.3, 0.4) is 0 Å². The number of halogens is 1. The molecule has 2 heterocycles. The topological polar surface area (TPSA) is 62.3 Å². The molecule has 1 atom stereocenters. The molecule has 1 aromatic rings. The summed E-state index contributed by atoms with van der Waals surface area (Å²) in [5.41, 5.74) is 0.494. The standard InChI is InChI=1S/C13H20FN3O2S2/c1-3-21(18,19)11-9-20-7-6-17(11)13-12(14)10(8-15-2)4-5-16-13/h4-5,11,15H,3,6-9H2,1-2H3. The number of hydrogen-bond acceptors (Lipinski definition) is 6. The summed E-state index contributed by atoms with van der Waals surface area (Å²) in [6.07, 6.45) is 1.53. The molecule has 1 aliphatic heterocycles. The van der Waals surface area contributed by atoms with E-state index < -0.39 is 21.0 Å². The molecule has 2 rings (SSSR count). The molecule has 1 unspecified atom stereocenters. The van der Waals surface area contributed by atoms with Gasteiger partial charge in [0.15, 0.2) is 21.5 Å². The number of aromatic nitrogens is 1. The van der Waals surface area contributed by atoms with Crippen molar-refractivity contribution in [1.82, 2.24) is 10.3 Å². The number of anilines is 1. The number of rotatable bonds is 5. The number of pyridine rings is 1. The van der Waals surface area contributed by atoms with Crippen LogP contribution < -0.4 is 10.2 Å². The average molecular weight is 333 g/mol. The normalized spacial score (nSPS) is 19.8. The Morgan fingerprint density at radius 3 is 3.00 bits per heavy atom. The lowest BCUT2D eigenvalue weighted by atomic mass is 10.2. The Kier molecular flexibility index (Phi) is 5.45. The summed E-state index contributed by atoms with van der Waals surface area (Å²) in [5, 5.41) is 2.20. The Hall–Kier alpha value is -0.860. The molecule has 0 bridgehead atoms. The highest BCUT2D eigenvalue weighted by molar-refractivity contribution is 8.01.